The van der Waals surface area contributed by atoms with Crippen LogP contribution in [0, 0.1) is 0 Å². The lowest BCUT2D eigenvalue weighted by molar-refractivity contribution is -0.147. The molecular formula is C14H19BrN2O3. The zero-order chi connectivity index (χ0) is 15.5. The van der Waals surface area contributed by atoms with Gasteiger partial charge in [-0.2, -0.15) is 0 Å². The number of likely N-dealkylation sites (N-methyl/N-ethyl adjacent to an activating group) is 1. The lowest BCUT2D eigenvalue weighted by Crippen LogP contribution is -2.54. The Bertz CT molecular complexity index is 517. The Morgan fingerprint density at radius 3 is 2.30 bits per heavy atom. The smallest absolute Gasteiger partial charge is 0.329 e. The molecule has 2 amide bonds. The Labute approximate surface area is 127 Å². The van der Waals surface area contributed by atoms with Crippen LogP contribution in [0.25, 0.3) is 0 Å². The Kier molecular flexibility index (Phi) is 5.16. The fourth-order valence-electron chi connectivity index (χ4n) is 1.59. The van der Waals surface area contributed by atoms with E-state index >= 15 is 0 Å². The topological polar surface area (TPSA) is 60.9 Å². The molecule has 0 atom stereocenters. The number of rotatable bonds is 4. The number of hydrogen-bond donors (Lipinski definition) is 1. The van der Waals surface area contributed by atoms with Gasteiger partial charge in [0.1, 0.15) is 5.54 Å². The third-order valence-corrected chi connectivity index (χ3v) is 4.11. The van der Waals surface area contributed by atoms with Crippen molar-refractivity contribution in [3.63, 3.8) is 0 Å². The van der Waals surface area contributed by atoms with E-state index in [2.05, 4.69) is 15.9 Å². The van der Waals surface area contributed by atoms with E-state index in [1.54, 1.807) is 7.05 Å². The summed E-state index contributed by atoms with van der Waals surface area (Å²) in [5.41, 5.74) is -0.288. The summed E-state index contributed by atoms with van der Waals surface area (Å²) in [6.07, 6.45) is 0. The van der Waals surface area contributed by atoms with Crippen LogP contribution in [0.5, 0.6) is 0 Å². The number of aliphatic carboxylic acids is 1. The summed E-state index contributed by atoms with van der Waals surface area (Å²) in [6.45, 7) is 3.40. The van der Waals surface area contributed by atoms with Gasteiger partial charge in [-0.1, -0.05) is 34.1 Å². The molecule has 20 heavy (non-hydrogen) atoms. The molecule has 0 unspecified atom stereocenters. The summed E-state index contributed by atoms with van der Waals surface area (Å²) in [4.78, 5) is 26.2. The third kappa shape index (κ3) is 3.50. The van der Waals surface area contributed by atoms with Gasteiger partial charge in [0.2, 0.25) is 0 Å². The number of urea groups is 1. The van der Waals surface area contributed by atoms with Crippen molar-refractivity contribution in [1.29, 1.82) is 0 Å². The molecule has 6 heteroatoms. The highest BCUT2D eigenvalue weighted by molar-refractivity contribution is 9.10. The summed E-state index contributed by atoms with van der Waals surface area (Å²) in [5.74, 6) is -1.04. The van der Waals surface area contributed by atoms with Crippen molar-refractivity contribution >= 4 is 27.9 Å². The van der Waals surface area contributed by atoms with Crippen LogP contribution in [0.2, 0.25) is 0 Å². The molecule has 0 heterocycles. The lowest BCUT2D eigenvalue weighted by atomic mass is 10.0. The van der Waals surface area contributed by atoms with Gasteiger partial charge in [0.05, 0.1) is 0 Å². The van der Waals surface area contributed by atoms with Crippen LogP contribution in [0.3, 0.4) is 0 Å². The van der Waals surface area contributed by atoms with Gasteiger partial charge >= 0.3 is 12.0 Å². The number of carbonyl (C=O) groups excluding carboxylic acids is 1. The van der Waals surface area contributed by atoms with Crippen molar-refractivity contribution in [3.8, 4) is 0 Å². The number of carboxylic acid groups (broad SMARTS) is 1. The monoisotopic (exact) mass is 342 g/mol. The van der Waals surface area contributed by atoms with Crippen LogP contribution in [0.1, 0.15) is 19.4 Å². The van der Waals surface area contributed by atoms with E-state index in [0.29, 0.717) is 6.54 Å². The first-order chi connectivity index (χ1) is 9.17. The van der Waals surface area contributed by atoms with Gasteiger partial charge in [0, 0.05) is 25.1 Å². The minimum absolute atomic E-state index is 0.340. The molecule has 1 aromatic rings. The highest BCUT2D eigenvalue weighted by atomic mass is 79.9. The molecule has 0 fully saturated rings. The zero-order valence-electron chi connectivity index (χ0n) is 12.1. The number of halogens is 1. The average molecular weight is 343 g/mol. The second-order valence-corrected chi connectivity index (χ2v) is 6.01. The maximum absolute atomic E-state index is 12.3. The molecule has 0 bridgehead atoms. The number of carboxylic acids is 1. The van der Waals surface area contributed by atoms with E-state index in [1.807, 2.05) is 24.3 Å². The molecule has 0 radical (unpaired) electrons. The van der Waals surface area contributed by atoms with E-state index in [4.69, 9.17) is 5.11 Å². The molecule has 1 N–H and O–H groups in total. The molecule has 5 nitrogen and oxygen atoms in total. The quantitative estimate of drug-likeness (QED) is 0.915. The van der Waals surface area contributed by atoms with Gasteiger partial charge in [-0.25, -0.2) is 9.59 Å². The van der Waals surface area contributed by atoms with Crippen molar-refractivity contribution in [3.05, 3.63) is 34.3 Å². The van der Waals surface area contributed by atoms with Gasteiger partial charge in [0.25, 0.3) is 0 Å². The van der Waals surface area contributed by atoms with E-state index in [-0.39, 0.29) is 6.03 Å². The minimum Gasteiger partial charge on any atom is -0.480 e. The highest BCUT2D eigenvalue weighted by Gasteiger charge is 2.36. The standard InChI is InChI=1S/C14H19BrN2O3/c1-14(2,12(18)19)17(4)13(20)16(3)9-10-7-5-6-8-11(10)15/h5-8H,9H2,1-4H3,(H,18,19). The molecule has 0 saturated heterocycles. The summed E-state index contributed by atoms with van der Waals surface area (Å²) in [5, 5.41) is 9.16. The maximum Gasteiger partial charge on any atom is 0.329 e. The molecule has 1 rings (SSSR count). The normalized spacial score (nSPS) is 11.1. The summed E-state index contributed by atoms with van der Waals surface area (Å²) in [6, 6.07) is 7.26. The number of nitrogens with zero attached hydrogens (tertiary/aromatic N) is 2. The summed E-state index contributed by atoms with van der Waals surface area (Å²) in [7, 11) is 3.14. The van der Waals surface area contributed by atoms with Gasteiger partial charge < -0.3 is 14.9 Å². The van der Waals surface area contributed by atoms with Crippen LogP contribution >= 0.6 is 15.9 Å². The Morgan fingerprint density at radius 2 is 1.80 bits per heavy atom. The van der Waals surface area contributed by atoms with Gasteiger partial charge in [-0.15, -0.1) is 0 Å². The Balaban J connectivity index is 2.83. The molecule has 110 valence electrons. The molecule has 0 aliphatic heterocycles. The van der Waals surface area contributed by atoms with Crippen molar-refractivity contribution in [2.75, 3.05) is 14.1 Å². The summed E-state index contributed by atoms with van der Waals surface area (Å²) >= 11 is 3.43. The van der Waals surface area contributed by atoms with Gasteiger partial charge in [-0.05, 0) is 25.5 Å². The van der Waals surface area contributed by atoms with E-state index in [9.17, 15) is 9.59 Å². The molecule has 0 saturated carbocycles. The van der Waals surface area contributed by atoms with E-state index in [1.165, 1.54) is 30.7 Å². The van der Waals surface area contributed by atoms with Crippen molar-refractivity contribution in [2.45, 2.75) is 25.9 Å². The number of hydrogen-bond acceptors (Lipinski definition) is 2. The van der Waals surface area contributed by atoms with Crippen LogP contribution in [-0.4, -0.2) is 46.5 Å². The predicted molar refractivity (Wildman–Crippen MR) is 80.5 cm³/mol. The van der Waals surface area contributed by atoms with Gasteiger partial charge in [-0.3, -0.25) is 0 Å². The van der Waals surface area contributed by atoms with Crippen molar-refractivity contribution in [1.82, 2.24) is 9.80 Å². The predicted octanol–water partition coefficient (Wildman–Crippen LogP) is 2.80. The molecule has 0 aliphatic carbocycles. The van der Waals surface area contributed by atoms with Crippen LogP contribution in [0.15, 0.2) is 28.7 Å². The minimum atomic E-state index is -1.25. The highest BCUT2D eigenvalue weighted by Crippen LogP contribution is 2.19. The van der Waals surface area contributed by atoms with Crippen molar-refractivity contribution in [2.24, 2.45) is 0 Å². The zero-order valence-corrected chi connectivity index (χ0v) is 13.6. The van der Waals surface area contributed by atoms with Crippen LogP contribution in [-0.2, 0) is 11.3 Å². The van der Waals surface area contributed by atoms with Crippen LogP contribution < -0.4 is 0 Å². The molecule has 1 aromatic carbocycles. The second kappa shape index (κ2) is 6.26. The largest absolute Gasteiger partial charge is 0.480 e. The van der Waals surface area contributed by atoms with Crippen LogP contribution in [0.4, 0.5) is 4.79 Å². The van der Waals surface area contributed by atoms with Crippen molar-refractivity contribution < 1.29 is 14.7 Å². The van der Waals surface area contributed by atoms with Gasteiger partial charge in [0.15, 0.2) is 0 Å². The first-order valence-corrected chi connectivity index (χ1v) is 6.93. The Morgan fingerprint density at radius 1 is 1.25 bits per heavy atom. The SMILES string of the molecule is CN(Cc1ccccc1Br)C(=O)N(C)C(C)(C)C(=O)O. The fourth-order valence-corrected chi connectivity index (χ4v) is 2.00. The first-order valence-electron chi connectivity index (χ1n) is 6.13. The second-order valence-electron chi connectivity index (χ2n) is 5.15. The number of carbonyl (C=O) groups is 2. The fraction of sp³-hybridized carbons (Fsp3) is 0.429. The average Bonchev–Trinajstić information content (AvgIpc) is 2.39. The van der Waals surface area contributed by atoms with E-state index in [0.717, 1.165) is 10.0 Å². The molecule has 0 spiro atoms. The number of benzene rings is 1. The number of amides is 2. The summed E-state index contributed by atoms with van der Waals surface area (Å²) < 4.78 is 0.916. The lowest BCUT2D eigenvalue weighted by Gasteiger charge is -2.34. The molecular weight excluding hydrogens is 324 g/mol. The van der Waals surface area contributed by atoms with E-state index < -0.39 is 11.5 Å². The molecule has 0 aliphatic rings. The molecule has 0 aromatic heterocycles. The Hall–Kier alpha value is -1.56. The maximum atomic E-state index is 12.3. The first kappa shape index (κ1) is 16.5. The third-order valence-electron chi connectivity index (χ3n) is 3.34.